The number of aliphatic hydroxyl groups is 1. The van der Waals surface area contributed by atoms with Crippen LogP contribution in [-0.4, -0.2) is 16.8 Å². The zero-order valence-electron chi connectivity index (χ0n) is 15.7. The van der Waals surface area contributed by atoms with Crippen molar-refractivity contribution in [3.05, 3.63) is 107 Å². The lowest BCUT2D eigenvalue weighted by Gasteiger charge is -2.25. The third-order valence-electron chi connectivity index (χ3n) is 4.94. The molecule has 1 aliphatic heterocycles. The standard InChI is InChI=1S/C24H18FNO3/c1-15-7-5-12-19(13-15)26-21(17-10-6-11-18(25)14-17)20(23(28)24(26)29)22(27)16-8-3-2-4-9-16/h2-14,21,27H,1H3. The summed E-state index contributed by atoms with van der Waals surface area (Å²) >= 11 is 0. The minimum absolute atomic E-state index is 0.0618. The summed E-state index contributed by atoms with van der Waals surface area (Å²) in [7, 11) is 0. The number of hydrogen-bond acceptors (Lipinski definition) is 3. The van der Waals surface area contributed by atoms with E-state index in [9.17, 15) is 19.1 Å². The first kappa shape index (κ1) is 18.6. The van der Waals surface area contributed by atoms with Crippen LogP contribution in [0.3, 0.4) is 0 Å². The minimum Gasteiger partial charge on any atom is -0.507 e. The molecule has 1 fully saturated rings. The molecule has 0 bridgehead atoms. The van der Waals surface area contributed by atoms with Gasteiger partial charge in [0.1, 0.15) is 11.6 Å². The van der Waals surface area contributed by atoms with Gasteiger partial charge in [-0.05, 0) is 42.3 Å². The van der Waals surface area contributed by atoms with E-state index in [1.165, 1.54) is 23.1 Å². The summed E-state index contributed by atoms with van der Waals surface area (Å²) in [6, 6.07) is 20.5. The zero-order chi connectivity index (χ0) is 20.5. The number of nitrogens with zero attached hydrogens (tertiary/aromatic N) is 1. The van der Waals surface area contributed by atoms with E-state index in [0.29, 0.717) is 16.8 Å². The normalized spacial score (nSPS) is 18.3. The molecule has 0 saturated carbocycles. The fraction of sp³-hybridized carbons (Fsp3) is 0.0833. The van der Waals surface area contributed by atoms with Gasteiger partial charge in [-0.1, -0.05) is 54.6 Å². The molecule has 1 atom stereocenters. The van der Waals surface area contributed by atoms with E-state index in [2.05, 4.69) is 0 Å². The van der Waals surface area contributed by atoms with Gasteiger partial charge in [0.05, 0.1) is 11.6 Å². The van der Waals surface area contributed by atoms with Gasteiger partial charge in [0, 0.05) is 11.3 Å². The van der Waals surface area contributed by atoms with Crippen molar-refractivity contribution in [3.63, 3.8) is 0 Å². The quantitative estimate of drug-likeness (QED) is 0.400. The monoisotopic (exact) mass is 387 g/mol. The Morgan fingerprint density at radius 2 is 1.66 bits per heavy atom. The Balaban J connectivity index is 1.97. The van der Waals surface area contributed by atoms with E-state index in [1.54, 1.807) is 54.6 Å². The van der Waals surface area contributed by atoms with E-state index < -0.39 is 23.5 Å². The van der Waals surface area contributed by atoms with Crippen molar-refractivity contribution in [2.24, 2.45) is 0 Å². The Labute approximate surface area is 167 Å². The summed E-state index contributed by atoms with van der Waals surface area (Å²) in [5.74, 6) is -2.34. The second kappa shape index (κ2) is 7.36. The summed E-state index contributed by atoms with van der Waals surface area (Å²) in [6.45, 7) is 1.88. The predicted octanol–water partition coefficient (Wildman–Crippen LogP) is 4.76. The van der Waals surface area contributed by atoms with E-state index in [-0.39, 0.29) is 11.3 Å². The molecule has 5 heteroatoms. The average molecular weight is 387 g/mol. The van der Waals surface area contributed by atoms with Gasteiger partial charge in [0.15, 0.2) is 0 Å². The van der Waals surface area contributed by atoms with Crippen LogP contribution < -0.4 is 4.90 Å². The van der Waals surface area contributed by atoms with Gasteiger partial charge in [0.2, 0.25) is 0 Å². The van der Waals surface area contributed by atoms with E-state index >= 15 is 0 Å². The van der Waals surface area contributed by atoms with Crippen LogP contribution in [-0.2, 0) is 9.59 Å². The number of ketones is 1. The van der Waals surface area contributed by atoms with Gasteiger partial charge in [-0.3, -0.25) is 14.5 Å². The molecule has 1 heterocycles. The van der Waals surface area contributed by atoms with Crippen LogP contribution in [0.25, 0.3) is 5.76 Å². The summed E-state index contributed by atoms with van der Waals surface area (Å²) in [5, 5.41) is 10.9. The molecule has 3 aromatic rings. The fourth-order valence-corrected chi connectivity index (χ4v) is 3.62. The van der Waals surface area contributed by atoms with Crippen molar-refractivity contribution < 1.29 is 19.1 Å². The van der Waals surface area contributed by atoms with E-state index in [1.807, 2.05) is 13.0 Å². The largest absolute Gasteiger partial charge is 0.507 e. The van der Waals surface area contributed by atoms with Crippen LogP contribution >= 0.6 is 0 Å². The number of halogens is 1. The highest BCUT2D eigenvalue weighted by molar-refractivity contribution is 6.51. The van der Waals surface area contributed by atoms with Crippen molar-refractivity contribution in [2.45, 2.75) is 13.0 Å². The Kier molecular flexibility index (Phi) is 4.72. The number of carbonyl (C=O) groups excluding carboxylic acids is 2. The van der Waals surface area contributed by atoms with Crippen LogP contribution in [0, 0.1) is 12.7 Å². The zero-order valence-corrected chi connectivity index (χ0v) is 15.7. The molecule has 1 amide bonds. The third kappa shape index (κ3) is 3.31. The van der Waals surface area contributed by atoms with Gasteiger partial charge in [-0.2, -0.15) is 0 Å². The molecule has 29 heavy (non-hydrogen) atoms. The Bertz CT molecular complexity index is 1140. The highest BCUT2D eigenvalue weighted by Gasteiger charge is 2.47. The second-order valence-corrected chi connectivity index (χ2v) is 6.93. The van der Waals surface area contributed by atoms with Crippen LogP contribution in [0.5, 0.6) is 0 Å². The third-order valence-corrected chi connectivity index (χ3v) is 4.94. The van der Waals surface area contributed by atoms with Crippen LogP contribution in [0.2, 0.25) is 0 Å². The Morgan fingerprint density at radius 1 is 0.931 bits per heavy atom. The summed E-state index contributed by atoms with van der Waals surface area (Å²) in [5.41, 5.74) is 2.17. The Morgan fingerprint density at radius 3 is 2.34 bits per heavy atom. The molecule has 144 valence electrons. The highest BCUT2D eigenvalue weighted by atomic mass is 19.1. The fourth-order valence-electron chi connectivity index (χ4n) is 3.62. The molecular weight excluding hydrogens is 369 g/mol. The van der Waals surface area contributed by atoms with Crippen molar-refractivity contribution >= 4 is 23.1 Å². The molecule has 1 aliphatic rings. The molecule has 3 aromatic carbocycles. The lowest BCUT2D eigenvalue weighted by Crippen LogP contribution is -2.29. The van der Waals surface area contributed by atoms with E-state index in [0.717, 1.165) is 5.56 Å². The number of aliphatic hydroxyl groups excluding tert-OH is 1. The molecule has 0 aromatic heterocycles. The summed E-state index contributed by atoms with van der Waals surface area (Å²) in [4.78, 5) is 27.2. The molecule has 1 N–H and O–H groups in total. The number of aryl methyl sites for hydroxylation is 1. The molecule has 1 unspecified atom stereocenters. The lowest BCUT2D eigenvalue weighted by molar-refractivity contribution is -0.132. The lowest BCUT2D eigenvalue weighted by atomic mass is 9.95. The van der Waals surface area contributed by atoms with Gasteiger partial charge >= 0.3 is 0 Å². The Hall–Kier alpha value is -3.73. The first-order chi connectivity index (χ1) is 14.0. The first-order valence-corrected chi connectivity index (χ1v) is 9.16. The number of hydrogen-bond donors (Lipinski definition) is 1. The summed E-state index contributed by atoms with van der Waals surface area (Å²) in [6.07, 6.45) is 0. The number of Topliss-reactive ketones (excluding diaryl/α,β-unsaturated/α-hetero) is 1. The molecular formula is C24H18FNO3. The van der Waals surface area contributed by atoms with Crippen molar-refractivity contribution in [1.29, 1.82) is 0 Å². The van der Waals surface area contributed by atoms with Crippen LogP contribution in [0.1, 0.15) is 22.7 Å². The van der Waals surface area contributed by atoms with Crippen LogP contribution in [0.15, 0.2) is 84.4 Å². The second-order valence-electron chi connectivity index (χ2n) is 6.93. The van der Waals surface area contributed by atoms with Gasteiger partial charge in [-0.15, -0.1) is 0 Å². The topological polar surface area (TPSA) is 57.6 Å². The SMILES string of the molecule is Cc1cccc(N2C(=O)C(=O)C(=C(O)c3ccccc3)C2c2cccc(F)c2)c1. The van der Waals surface area contributed by atoms with Gasteiger partial charge in [-0.25, -0.2) is 4.39 Å². The number of benzene rings is 3. The molecule has 4 nitrogen and oxygen atoms in total. The highest BCUT2D eigenvalue weighted by Crippen LogP contribution is 2.42. The van der Waals surface area contributed by atoms with Gasteiger partial charge < -0.3 is 5.11 Å². The van der Waals surface area contributed by atoms with Crippen molar-refractivity contribution in [2.75, 3.05) is 4.90 Å². The molecule has 1 saturated heterocycles. The maximum absolute atomic E-state index is 14.0. The number of rotatable bonds is 3. The van der Waals surface area contributed by atoms with Crippen molar-refractivity contribution in [3.8, 4) is 0 Å². The van der Waals surface area contributed by atoms with Crippen LogP contribution in [0.4, 0.5) is 10.1 Å². The predicted molar refractivity (Wildman–Crippen MR) is 109 cm³/mol. The smallest absolute Gasteiger partial charge is 0.300 e. The first-order valence-electron chi connectivity index (χ1n) is 9.16. The number of carbonyl (C=O) groups is 2. The van der Waals surface area contributed by atoms with Gasteiger partial charge in [0.25, 0.3) is 11.7 Å². The number of anilines is 1. The molecule has 0 spiro atoms. The van der Waals surface area contributed by atoms with Crippen molar-refractivity contribution in [1.82, 2.24) is 0 Å². The number of amides is 1. The maximum atomic E-state index is 14.0. The van der Waals surface area contributed by atoms with E-state index in [4.69, 9.17) is 0 Å². The molecule has 4 rings (SSSR count). The molecule has 0 radical (unpaired) electrons. The maximum Gasteiger partial charge on any atom is 0.300 e. The average Bonchev–Trinajstić information content (AvgIpc) is 2.99. The minimum atomic E-state index is -0.937. The molecule has 0 aliphatic carbocycles. The summed E-state index contributed by atoms with van der Waals surface area (Å²) < 4.78 is 14.0.